The summed E-state index contributed by atoms with van der Waals surface area (Å²) in [6.45, 7) is 2.77. The summed E-state index contributed by atoms with van der Waals surface area (Å²) in [6.07, 6.45) is 6.61. The molecule has 1 aromatic carbocycles. The number of aromatic amines is 1. The van der Waals surface area contributed by atoms with Gasteiger partial charge < -0.3 is 19.7 Å². The van der Waals surface area contributed by atoms with Crippen LogP contribution >= 0.6 is 0 Å². The molecule has 2 heterocycles. The van der Waals surface area contributed by atoms with E-state index < -0.39 is 6.10 Å². The highest BCUT2D eigenvalue weighted by Gasteiger charge is 2.22. The van der Waals surface area contributed by atoms with Crippen LogP contribution in [0.5, 0.6) is 5.75 Å². The number of methoxy groups -OCH3 is 1. The minimum absolute atomic E-state index is 0.464. The minimum atomic E-state index is -0.464. The zero-order valence-corrected chi connectivity index (χ0v) is 13.6. The second-order valence-corrected chi connectivity index (χ2v) is 6.32. The Hall–Kier alpha value is -1.85. The maximum atomic E-state index is 10.5. The number of imidazole rings is 1. The van der Waals surface area contributed by atoms with Gasteiger partial charge in [-0.3, -0.25) is 0 Å². The first-order chi connectivity index (χ1) is 11.2. The van der Waals surface area contributed by atoms with Crippen molar-refractivity contribution in [2.45, 2.75) is 25.4 Å². The summed E-state index contributed by atoms with van der Waals surface area (Å²) in [5.74, 6) is 1.50. The molecule has 5 heteroatoms. The van der Waals surface area contributed by atoms with Crippen molar-refractivity contribution in [1.82, 2.24) is 14.9 Å². The Morgan fingerprint density at radius 1 is 1.39 bits per heavy atom. The number of β-amino-alcohol motifs (C(OH)–C–C–N with tert-alkyl or cyclic N) is 1. The largest absolute Gasteiger partial charge is 0.497 e. The monoisotopic (exact) mass is 315 g/mol. The smallest absolute Gasteiger partial charge is 0.119 e. The third-order valence-corrected chi connectivity index (χ3v) is 4.68. The molecule has 2 N–H and O–H groups in total. The number of aliphatic hydroxyl groups is 1. The maximum Gasteiger partial charge on any atom is 0.119 e. The van der Waals surface area contributed by atoms with Crippen LogP contribution in [0.4, 0.5) is 0 Å². The number of ether oxygens (including phenoxy) is 1. The highest BCUT2D eigenvalue weighted by Crippen LogP contribution is 2.24. The van der Waals surface area contributed by atoms with Crippen molar-refractivity contribution in [2.75, 3.05) is 26.7 Å². The molecule has 0 radical (unpaired) electrons. The van der Waals surface area contributed by atoms with Crippen molar-refractivity contribution >= 4 is 0 Å². The van der Waals surface area contributed by atoms with Gasteiger partial charge in [-0.1, -0.05) is 12.1 Å². The summed E-state index contributed by atoms with van der Waals surface area (Å²) in [4.78, 5) is 9.62. The Bertz CT molecular complexity index is 592. The lowest BCUT2D eigenvalue weighted by Crippen LogP contribution is -2.37. The second kappa shape index (κ2) is 7.62. The zero-order valence-electron chi connectivity index (χ0n) is 13.6. The van der Waals surface area contributed by atoms with Crippen LogP contribution in [0, 0.1) is 5.92 Å². The molecule has 1 aliphatic heterocycles. The number of nitrogens with one attached hydrogen (secondary N) is 1. The van der Waals surface area contributed by atoms with Gasteiger partial charge in [-0.05, 0) is 56.0 Å². The van der Waals surface area contributed by atoms with Gasteiger partial charge in [0, 0.05) is 18.4 Å². The second-order valence-electron chi connectivity index (χ2n) is 6.32. The van der Waals surface area contributed by atoms with Gasteiger partial charge in [0.25, 0.3) is 0 Å². The Morgan fingerprint density at radius 3 is 2.91 bits per heavy atom. The van der Waals surface area contributed by atoms with E-state index in [-0.39, 0.29) is 0 Å². The first-order valence-electron chi connectivity index (χ1n) is 8.26. The zero-order chi connectivity index (χ0) is 16.1. The molecule has 0 aliphatic carbocycles. The molecule has 124 valence electrons. The lowest BCUT2D eigenvalue weighted by Gasteiger charge is -2.33. The molecule has 0 spiro atoms. The van der Waals surface area contributed by atoms with Gasteiger partial charge in [-0.25, -0.2) is 4.98 Å². The standard InChI is InChI=1S/C18H25N3O2/c1-23-17-4-2-3-15(10-17)18(22)12-21-7-5-14(6-8-21)9-16-11-19-13-20-16/h2-4,10-11,13-14,18,22H,5-9,12H2,1H3,(H,19,20). The number of likely N-dealkylation sites (tertiary alicyclic amines) is 1. The summed E-state index contributed by atoms with van der Waals surface area (Å²) >= 11 is 0. The van der Waals surface area contributed by atoms with E-state index in [4.69, 9.17) is 4.74 Å². The van der Waals surface area contributed by atoms with Crippen molar-refractivity contribution in [1.29, 1.82) is 0 Å². The molecular weight excluding hydrogens is 290 g/mol. The van der Waals surface area contributed by atoms with Crippen LogP contribution in [0.3, 0.4) is 0 Å². The predicted octanol–water partition coefficient (Wildman–Crippen LogP) is 2.41. The lowest BCUT2D eigenvalue weighted by atomic mass is 9.92. The molecule has 2 aromatic rings. The lowest BCUT2D eigenvalue weighted by molar-refractivity contribution is 0.0890. The van der Waals surface area contributed by atoms with Gasteiger partial charge in [-0.2, -0.15) is 0 Å². The van der Waals surface area contributed by atoms with Crippen molar-refractivity contribution in [2.24, 2.45) is 5.92 Å². The van der Waals surface area contributed by atoms with E-state index in [1.807, 2.05) is 30.5 Å². The number of nitrogens with zero attached hydrogens (tertiary/aromatic N) is 2. The Balaban J connectivity index is 1.48. The average molecular weight is 315 g/mol. The third-order valence-electron chi connectivity index (χ3n) is 4.68. The summed E-state index contributed by atoms with van der Waals surface area (Å²) in [7, 11) is 1.65. The van der Waals surface area contributed by atoms with Gasteiger partial charge in [-0.15, -0.1) is 0 Å². The van der Waals surface area contributed by atoms with Crippen LogP contribution in [-0.2, 0) is 6.42 Å². The maximum absolute atomic E-state index is 10.5. The Kier molecular flexibility index (Phi) is 5.31. The minimum Gasteiger partial charge on any atom is -0.497 e. The summed E-state index contributed by atoms with van der Waals surface area (Å²) in [5.41, 5.74) is 2.14. The van der Waals surface area contributed by atoms with Crippen molar-refractivity contribution in [3.8, 4) is 5.75 Å². The molecule has 5 nitrogen and oxygen atoms in total. The van der Waals surface area contributed by atoms with E-state index in [1.54, 1.807) is 13.4 Å². The van der Waals surface area contributed by atoms with Crippen molar-refractivity contribution in [3.63, 3.8) is 0 Å². The van der Waals surface area contributed by atoms with Crippen LogP contribution in [0.1, 0.15) is 30.2 Å². The number of piperidine rings is 1. The van der Waals surface area contributed by atoms with E-state index in [0.717, 1.165) is 30.8 Å². The predicted molar refractivity (Wildman–Crippen MR) is 89.4 cm³/mol. The molecule has 0 saturated carbocycles. The number of aromatic nitrogens is 2. The quantitative estimate of drug-likeness (QED) is 0.859. The molecule has 3 rings (SSSR count). The third kappa shape index (κ3) is 4.33. The molecule has 1 saturated heterocycles. The van der Waals surface area contributed by atoms with Crippen LogP contribution in [0.15, 0.2) is 36.8 Å². The average Bonchev–Trinajstić information content (AvgIpc) is 3.09. The molecule has 23 heavy (non-hydrogen) atoms. The van der Waals surface area contributed by atoms with E-state index in [0.29, 0.717) is 12.5 Å². The normalized spacial score (nSPS) is 18.0. The topological polar surface area (TPSA) is 61.4 Å². The SMILES string of the molecule is COc1cccc(C(O)CN2CCC(Cc3cnc[nH]3)CC2)c1. The Labute approximate surface area is 137 Å². The summed E-state index contributed by atoms with van der Waals surface area (Å²) in [5, 5.41) is 10.5. The van der Waals surface area contributed by atoms with Crippen LogP contribution in [0.25, 0.3) is 0 Å². The van der Waals surface area contributed by atoms with E-state index >= 15 is 0 Å². The number of benzene rings is 1. The molecule has 0 bridgehead atoms. The van der Waals surface area contributed by atoms with Gasteiger partial charge >= 0.3 is 0 Å². The van der Waals surface area contributed by atoms with Crippen molar-refractivity contribution in [3.05, 3.63) is 48.0 Å². The van der Waals surface area contributed by atoms with Gasteiger partial charge in [0.1, 0.15) is 5.75 Å². The fourth-order valence-electron chi connectivity index (χ4n) is 3.28. The molecule has 1 unspecified atom stereocenters. The number of rotatable bonds is 6. The van der Waals surface area contributed by atoms with Gasteiger partial charge in [0.05, 0.1) is 19.5 Å². The summed E-state index contributed by atoms with van der Waals surface area (Å²) < 4.78 is 5.23. The fourth-order valence-corrected chi connectivity index (χ4v) is 3.28. The van der Waals surface area contributed by atoms with E-state index in [1.165, 1.54) is 18.5 Å². The van der Waals surface area contributed by atoms with Crippen molar-refractivity contribution < 1.29 is 9.84 Å². The Morgan fingerprint density at radius 2 is 2.22 bits per heavy atom. The number of aliphatic hydroxyl groups excluding tert-OH is 1. The number of hydrogen-bond acceptors (Lipinski definition) is 4. The number of H-pyrrole nitrogens is 1. The van der Waals surface area contributed by atoms with Gasteiger partial charge in [0.15, 0.2) is 0 Å². The first-order valence-corrected chi connectivity index (χ1v) is 8.26. The highest BCUT2D eigenvalue weighted by molar-refractivity contribution is 5.29. The van der Waals surface area contributed by atoms with E-state index in [2.05, 4.69) is 14.9 Å². The van der Waals surface area contributed by atoms with Crippen LogP contribution in [0.2, 0.25) is 0 Å². The first kappa shape index (κ1) is 16.0. The molecule has 1 aromatic heterocycles. The summed E-state index contributed by atoms with van der Waals surface area (Å²) in [6, 6.07) is 7.69. The fraction of sp³-hybridized carbons (Fsp3) is 0.500. The van der Waals surface area contributed by atoms with E-state index in [9.17, 15) is 5.11 Å². The molecule has 1 aliphatic rings. The number of hydrogen-bond donors (Lipinski definition) is 2. The van der Waals surface area contributed by atoms with Crippen LogP contribution in [-0.4, -0.2) is 46.7 Å². The molecule has 0 amide bonds. The van der Waals surface area contributed by atoms with Gasteiger partial charge in [0.2, 0.25) is 0 Å². The highest BCUT2D eigenvalue weighted by atomic mass is 16.5. The molecule has 1 fully saturated rings. The molecular formula is C18H25N3O2. The van der Waals surface area contributed by atoms with Crippen LogP contribution < -0.4 is 4.74 Å². The molecule has 1 atom stereocenters.